The molecule has 0 spiro atoms. The van der Waals surface area contributed by atoms with E-state index in [0.717, 1.165) is 0 Å². The molecule has 0 amide bonds. The van der Waals surface area contributed by atoms with Crippen molar-refractivity contribution in [3.05, 3.63) is 46.5 Å². The molecule has 1 heterocycles. The molecule has 0 saturated carbocycles. The molecule has 2 N–H and O–H groups in total. The topological polar surface area (TPSA) is 67.2 Å². The number of benzene rings is 1. The Hall–Kier alpha value is -2.08. The molecule has 0 radical (unpaired) electrons. The normalized spacial score (nSPS) is 10.5. The number of hydrogen-bond acceptors (Lipinski definition) is 3. The molecule has 0 fully saturated rings. The molecule has 19 heavy (non-hydrogen) atoms. The van der Waals surface area contributed by atoms with Crippen molar-refractivity contribution in [3.63, 3.8) is 0 Å². The molecule has 5 nitrogen and oxygen atoms in total. The van der Waals surface area contributed by atoms with E-state index in [1.807, 2.05) is 0 Å². The Morgan fingerprint density at radius 2 is 2.32 bits per heavy atom. The number of aromatic carboxylic acids is 1. The predicted octanol–water partition coefficient (Wildman–Crippen LogP) is 2.52. The van der Waals surface area contributed by atoms with Gasteiger partial charge in [-0.2, -0.15) is 5.10 Å². The summed E-state index contributed by atoms with van der Waals surface area (Å²) in [5.74, 6) is -1.47. The fraction of sp³-hybridized carbons (Fsp3) is 0.167. The lowest BCUT2D eigenvalue weighted by Gasteiger charge is -2.09. The van der Waals surface area contributed by atoms with Crippen LogP contribution in [0.15, 0.2) is 24.4 Å². The van der Waals surface area contributed by atoms with E-state index in [4.69, 9.17) is 16.7 Å². The lowest BCUT2D eigenvalue weighted by molar-refractivity contribution is 0.0695. The molecule has 0 atom stereocenters. The molecular formula is C12H11ClFN3O2. The quantitative estimate of drug-likeness (QED) is 0.905. The average Bonchev–Trinajstić information content (AvgIpc) is 2.70. The van der Waals surface area contributed by atoms with Crippen LogP contribution in [0.1, 0.15) is 16.1 Å². The molecule has 0 aliphatic rings. The van der Waals surface area contributed by atoms with Crippen LogP contribution < -0.4 is 5.32 Å². The van der Waals surface area contributed by atoms with Crippen LogP contribution in [-0.2, 0) is 13.6 Å². The minimum Gasteiger partial charge on any atom is -0.478 e. The number of carboxylic acid groups (broad SMARTS) is 1. The zero-order chi connectivity index (χ0) is 14.0. The highest BCUT2D eigenvalue weighted by atomic mass is 35.5. The minimum absolute atomic E-state index is 0.119. The summed E-state index contributed by atoms with van der Waals surface area (Å²) in [5.41, 5.74) is 1.15. The number of nitrogens with one attached hydrogen (secondary N) is 1. The summed E-state index contributed by atoms with van der Waals surface area (Å²) in [6.07, 6.45) is 1.28. The SMILES string of the molecule is Cn1ncc(C(=O)O)c1CNc1ccc(F)cc1Cl. The van der Waals surface area contributed by atoms with Crippen molar-refractivity contribution in [1.29, 1.82) is 0 Å². The van der Waals surface area contributed by atoms with E-state index in [1.54, 1.807) is 7.05 Å². The van der Waals surface area contributed by atoms with Gasteiger partial charge in [-0.05, 0) is 18.2 Å². The fourth-order valence-corrected chi connectivity index (χ4v) is 1.90. The molecule has 2 rings (SSSR count). The van der Waals surface area contributed by atoms with Crippen LogP contribution in [-0.4, -0.2) is 20.9 Å². The van der Waals surface area contributed by atoms with Crippen LogP contribution in [0, 0.1) is 5.82 Å². The Morgan fingerprint density at radius 3 is 2.95 bits per heavy atom. The van der Waals surface area contributed by atoms with Crippen molar-refractivity contribution in [2.45, 2.75) is 6.54 Å². The van der Waals surface area contributed by atoms with Gasteiger partial charge in [-0.3, -0.25) is 4.68 Å². The van der Waals surface area contributed by atoms with Gasteiger partial charge < -0.3 is 10.4 Å². The van der Waals surface area contributed by atoms with Gasteiger partial charge in [0.2, 0.25) is 0 Å². The van der Waals surface area contributed by atoms with Gasteiger partial charge in [0.1, 0.15) is 11.4 Å². The third-order valence-electron chi connectivity index (χ3n) is 2.67. The van der Waals surface area contributed by atoms with Gasteiger partial charge in [-0.15, -0.1) is 0 Å². The number of halogens is 2. The maximum Gasteiger partial charge on any atom is 0.339 e. The summed E-state index contributed by atoms with van der Waals surface area (Å²) < 4.78 is 14.4. The van der Waals surface area contributed by atoms with E-state index < -0.39 is 11.8 Å². The van der Waals surface area contributed by atoms with Crippen molar-refractivity contribution < 1.29 is 14.3 Å². The molecule has 1 aromatic heterocycles. The number of rotatable bonds is 4. The maximum absolute atomic E-state index is 12.9. The van der Waals surface area contributed by atoms with E-state index in [0.29, 0.717) is 11.4 Å². The smallest absolute Gasteiger partial charge is 0.339 e. The average molecular weight is 284 g/mol. The molecule has 0 saturated heterocycles. The largest absolute Gasteiger partial charge is 0.478 e. The first kappa shape index (κ1) is 13.4. The van der Waals surface area contributed by atoms with Gasteiger partial charge >= 0.3 is 5.97 Å². The zero-order valence-corrected chi connectivity index (χ0v) is 10.8. The van der Waals surface area contributed by atoms with E-state index in [9.17, 15) is 9.18 Å². The summed E-state index contributed by atoms with van der Waals surface area (Å²) in [6.45, 7) is 0.226. The first-order valence-electron chi connectivity index (χ1n) is 5.42. The number of carboxylic acids is 1. The highest BCUT2D eigenvalue weighted by Crippen LogP contribution is 2.23. The Bertz CT molecular complexity index is 627. The fourth-order valence-electron chi connectivity index (χ4n) is 1.66. The van der Waals surface area contributed by atoms with Crippen LogP contribution in [0.4, 0.5) is 10.1 Å². The Morgan fingerprint density at radius 1 is 1.58 bits per heavy atom. The molecule has 2 aromatic rings. The third kappa shape index (κ3) is 2.85. The van der Waals surface area contributed by atoms with Crippen molar-refractivity contribution in [3.8, 4) is 0 Å². The molecule has 0 unspecified atom stereocenters. The minimum atomic E-state index is -1.05. The van der Waals surface area contributed by atoms with Crippen LogP contribution in [0.2, 0.25) is 5.02 Å². The van der Waals surface area contributed by atoms with Crippen LogP contribution in [0.3, 0.4) is 0 Å². The van der Waals surface area contributed by atoms with Gasteiger partial charge in [-0.1, -0.05) is 11.6 Å². The third-order valence-corrected chi connectivity index (χ3v) is 2.98. The standard InChI is InChI=1S/C12H11ClFN3O2/c1-17-11(8(5-16-17)12(18)19)6-15-10-3-2-7(14)4-9(10)13/h2-5,15H,6H2,1H3,(H,18,19). The zero-order valence-electron chi connectivity index (χ0n) is 10.0. The Labute approximate surface area is 113 Å². The number of nitrogens with zero attached hydrogens (tertiary/aromatic N) is 2. The van der Waals surface area contributed by atoms with Gasteiger partial charge in [0, 0.05) is 7.05 Å². The summed E-state index contributed by atoms with van der Waals surface area (Å²) in [7, 11) is 1.65. The van der Waals surface area contributed by atoms with Crippen molar-refractivity contribution >= 4 is 23.3 Å². The Balaban J connectivity index is 2.19. The second-order valence-corrected chi connectivity index (χ2v) is 4.32. The van der Waals surface area contributed by atoms with Gasteiger partial charge in [0.25, 0.3) is 0 Å². The number of aromatic nitrogens is 2. The van der Waals surface area contributed by atoms with E-state index in [-0.39, 0.29) is 17.1 Å². The Kier molecular flexibility index (Phi) is 3.71. The molecule has 0 aliphatic heterocycles. The van der Waals surface area contributed by atoms with Crippen LogP contribution in [0.5, 0.6) is 0 Å². The predicted molar refractivity (Wildman–Crippen MR) is 68.9 cm³/mol. The monoisotopic (exact) mass is 283 g/mol. The van der Waals surface area contributed by atoms with Gasteiger partial charge in [-0.25, -0.2) is 9.18 Å². The van der Waals surface area contributed by atoms with Crippen molar-refractivity contribution in [1.82, 2.24) is 9.78 Å². The number of anilines is 1. The second-order valence-electron chi connectivity index (χ2n) is 3.91. The van der Waals surface area contributed by atoms with E-state index >= 15 is 0 Å². The van der Waals surface area contributed by atoms with Gasteiger partial charge in [0.15, 0.2) is 0 Å². The molecule has 7 heteroatoms. The number of carbonyl (C=O) groups is 1. The summed E-state index contributed by atoms with van der Waals surface area (Å²) in [4.78, 5) is 11.0. The number of aryl methyl sites for hydroxylation is 1. The molecule has 100 valence electrons. The summed E-state index contributed by atoms with van der Waals surface area (Å²) >= 11 is 5.87. The molecule has 0 bridgehead atoms. The van der Waals surface area contributed by atoms with E-state index in [1.165, 1.54) is 29.1 Å². The first-order chi connectivity index (χ1) is 8.99. The lowest BCUT2D eigenvalue weighted by atomic mass is 10.2. The van der Waals surface area contributed by atoms with Crippen molar-refractivity contribution in [2.24, 2.45) is 7.05 Å². The summed E-state index contributed by atoms with van der Waals surface area (Å²) in [5, 5.41) is 16.1. The molecular weight excluding hydrogens is 273 g/mol. The van der Waals surface area contributed by atoms with Crippen molar-refractivity contribution in [2.75, 3.05) is 5.32 Å². The molecule has 0 aliphatic carbocycles. The van der Waals surface area contributed by atoms with E-state index in [2.05, 4.69) is 10.4 Å². The molecule has 1 aromatic carbocycles. The highest BCUT2D eigenvalue weighted by molar-refractivity contribution is 6.33. The number of hydrogen-bond donors (Lipinski definition) is 2. The van der Waals surface area contributed by atoms with Crippen LogP contribution >= 0.6 is 11.6 Å². The van der Waals surface area contributed by atoms with Crippen LogP contribution in [0.25, 0.3) is 0 Å². The maximum atomic E-state index is 12.9. The highest BCUT2D eigenvalue weighted by Gasteiger charge is 2.15. The summed E-state index contributed by atoms with van der Waals surface area (Å²) in [6, 6.07) is 3.95. The van der Waals surface area contributed by atoms with Gasteiger partial charge in [0.05, 0.1) is 29.1 Å². The first-order valence-corrected chi connectivity index (χ1v) is 5.80. The lowest BCUT2D eigenvalue weighted by Crippen LogP contribution is -2.10. The second kappa shape index (κ2) is 5.27.